The Morgan fingerprint density at radius 1 is 0.537 bits per heavy atom. The molecular weight excluding hydrogens is 667 g/mol. The molecule has 4 aliphatic rings. The van der Waals surface area contributed by atoms with Crippen LogP contribution < -0.4 is 16.4 Å². The van der Waals surface area contributed by atoms with Crippen LogP contribution in [0.3, 0.4) is 0 Å². The van der Waals surface area contributed by atoms with E-state index in [2.05, 4.69) is 157 Å². The molecule has 2 heteroatoms. The molecule has 0 radical (unpaired) electrons. The maximum absolute atomic E-state index is 2.57. The smallest absolute Gasteiger partial charge is 0.135 e. The average molecular weight is 719 g/mol. The van der Waals surface area contributed by atoms with E-state index in [4.69, 9.17) is 0 Å². The Kier molecular flexibility index (Phi) is 7.94. The first-order valence-corrected chi connectivity index (χ1v) is 21.2. The number of hydrogen-bond donors (Lipinski definition) is 0. The third-order valence-corrected chi connectivity index (χ3v) is 15.4. The first-order chi connectivity index (χ1) is 26.1. The van der Waals surface area contributed by atoms with Crippen molar-refractivity contribution in [2.75, 3.05) is 0 Å². The minimum Gasteiger partial charge on any atom is -0.135 e. The van der Waals surface area contributed by atoms with Gasteiger partial charge in [0.15, 0.2) is 0 Å². The predicted octanol–water partition coefficient (Wildman–Crippen LogP) is 11.9. The Morgan fingerprint density at radius 3 is 1.59 bits per heavy atom. The van der Waals surface area contributed by atoms with E-state index >= 15 is 0 Å². The summed E-state index contributed by atoms with van der Waals surface area (Å²) in [7, 11) is 0. The van der Waals surface area contributed by atoms with Crippen LogP contribution >= 0.6 is 11.3 Å². The van der Waals surface area contributed by atoms with Crippen LogP contribution in [-0.2, 0) is 10.8 Å². The summed E-state index contributed by atoms with van der Waals surface area (Å²) < 4.78 is 2.78. The van der Waals surface area contributed by atoms with E-state index in [0.29, 0.717) is 0 Å². The van der Waals surface area contributed by atoms with Gasteiger partial charge in [0.25, 0.3) is 0 Å². The Morgan fingerprint density at radius 2 is 1.04 bits per heavy atom. The van der Waals surface area contributed by atoms with Gasteiger partial charge < -0.3 is 0 Å². The summed E-state index contributed by atoms with van der Waals surface area (Å²) in [6.45, 7) is 14.0. The number of hydrogen-bond acceptors (Lipinski definition) is 1. The molecule has 0 amide bonds. The summed E-state index contributed by atoms with van der Waals surface area (Å²) in [6, 6.07) is 45.4. The molecule has 2 unspecified atom stereocenters. The van der Waals surface area contributed by atoms with Gasteiger partial charge in [-0.15, -0.1) is 11.3 Å². The SMILES string of the molecule is Cc1cc(C)c(B(c2ccc(C34CC5CC(C3)CC(c3ccc(-c6cccc7c6sc6ccccc67)cc3)(C5)C4)cc2)c2c(C)cc(C)cc2C)c(C)c1. The fraction of sp³-hybridized carbons (Fsp3) is 0.308. The van der Waals surface area contributed by atoms with Crippen molar-refractivity contribution in [2.45, 2.75) is 90.9 Å². The lowest BCUT2D eigenvalue weighted by atomic mass is 9.34. The van der Waals surface area contributed by atoms with Crippen LogP contribution in [0.25, 0.3) is 31.3 Å². The Labute approximate surface area is 326 Å². The minimum absolute atomic E-state index is 0.222. The second-order valence-corrected chi connectivity index (χ2v) is 19.1. The molecule has 4 fully saturated rings. The molecule has 4 saturated carbocycles. The van der Waals surface area contributed by atoms with Crippen molar-refractivity contribution < 1.29 is 0 Å². The van der Waals surface area contributed by atoms with Crippen LogP contribution in [0.15, 0.2) is 115 Å². The molecule has 0 saturated heterocycles. The molecule has 1 heterocycles. The summed E-state index contributed by atoms with van der Waals surface area (Å²) >= 11 is 1.94. The quantitative estimate of drug-likeness (QED) is 0.150. The van der Waals surface area contributed by atoms with Gasteiger partial charge in [-0.25, -0.2) is 0 Å². The van der Waals surface area contributed by atoms with Gasteiger partial charge in [0.1, 0.15) is 0 Å². The zero-order chi connectivity index (χ0) is 36.9. The van der Waals surface area contributed by atoms with Gasteiger partial charge in [-0.1, -0.05) is 159 Å². The lowest BCUT2D eigenvalue weighted by molar-refractivity contribution is -0.0281. The van der Waals surface area contributed by atoms with Crippen LogP contribution in [0.2, 0.25) is 0 Å². The van der Waals surface area contributed by atoms with Gasteiger partial charge in [0, 0.05) is 20.2 Å². The van der Waals surface area contributed by atoms with Crippen molar-refractivity contribution in [1.29, 1.82) is 0 Å². The van der Waals surface area contributed by atoms with Crippen molar-refractivity contribution in [3.63, 3.8) is 0 Å². The number of thiophene rings is 1. The first kappa shape index (κ1) is 34.1. The molecule has 0 N–H and O–H groups in total. The fourth-order valence-electron chi connectivity index (χ4n) is 12.7. The molecular formula is C52H51BS. The number of benzene rings is 6. The number of fused-ring (bicyclic) bond motifs is 3. The molecule has 7 aromatic rings. The van der Waals surface area contributed by atoms with E-state index < -0.39 is 0 Å². The number of aryl methyl sites for hydroxylation is 6. The molecule has 268 valence electrons. The molecule has 54 heavy (non-hydrogen) atoms. The Hall–Kier alpha value is -4.40. The molecule has 6 aromatic carbocycles. The minimum atomic E-state index is 0.222. The molecule has 0 aliphatic heterocycles. The van der Waals surface area contributed by atoms with Crippen LogP contribution in [0.4, 0.5) is 0 Å². The van der Waals surface area contributed by atoms with Gasteiger partial charge in [0.2, 0.25) is 6.71 Å². The molecule has 4 aliphatic carbocycles. The Balaban J connectivity index is 1.01. The van der Waals surface area contributed by atoms with Crippen LogP contribution in [-0.4, -0.2) is 6.71 Å². The van der Waals surface area contributed by atoms with E-state index in [9.17, 15) is 0 Å². The summed E-state index contributed by atoms with van der Waals surface area (Å²) in [5, 5.41) is 2.75. The maximum atomic E-state index is 2.57. The van der Waals surface area contributed by atoms with Crippen molar-refractivity contribution in [3.8, 4) is 11.1 Å². The maximum Gasteiger partial charge on any atom is 0.242 e. The van der Waals surface area contributed by atoms with Gasteiger partial charge in [-0.05, 0) is 131 Å². The molecule has 4 bridgehead atoms. The fourth-order valence-corrected chi connectivity index (χ4v) is 14.0. The summed E-state index contributed by atoms with van der Waals surface area (Å²) in [5.41, 5.74) is 19.1. The highest BCUT2D eigenvalue weighted by atomic mass is 32.1. The average Bonchev–Trinajstić information content (AvgIpc) is 3.52. The summed E-state index contributed by atoms with van der Waals surface area (Å²) in [4.78, 5) is 0. The largest absolute Gasteiger partial charge is 0.242 e. The Bertz CT molecular complexity index is 2470. The standard InChI is InChI=1S/C52H51BS/c1-32-22-34(3)48(35(4)23-32)53(49-36(5)24-33(2)25-37(49)6)43-20-18-42(19-21-43)52-29-38-26-39(30-52)28-51(27-38,31-52)41-16-14-40(15-17-41)44-11-9-12-46-45-10-7-8-13-47(45)54-50(44)46/h7-25,38-39H,26-31H2,1-6H3. The first-order valence-electron chi connectivity index (χ1n) is 20.4. The predicted molar refractivity (Wildman–Crippen MR) is 235 cm³/mol. The highest BCUT2D eigenvalue weighted by molar-refractivity contribution is 7.26. The molecule has 1 aromatic heterocycles. The summed E-state index contributed by atoms with van der Waals surface area (Å²) in [6.07, 6.45) is 8.13. The van der Waals surface area contributed by atoms with E-state index in [-0.39, 0.29) is 17.5 Å². The van der Waals surface area contributed by atoms with Crippen LogP contribution in [0.1, 0.15) is 83.0 Å². The summed E-state index contributed by atoms with van der Waals surface area (Å²) in [5.74, 6) is 1.64. The highest BCUT2D eigenvalue weighted by Crippen LogP contribution is 2.66. The zero-order valence-electron chi connectivity index (χ0n) is 32.9. The van der Waals surface area contributed by atoms with Crippen molar-refractivity contribution in [2.24, 2.45) is 11.8 Å². The van der Waals surface area contributed by atoms with Crippen molar-refractivity contribution in [3.05, 3.63) is 160 Å². The van der Waals surface area contributed by atoms with Gasteiger partial charge >= 0.3 is 0 Å². The lowest BCUT2D eigenvalue weighted by Gasteiger charge is -2.63. The van der Waals surface area contributed by atoms with Crippen molar-refractivity contribution >= 4 is 54.6 Å². The monoisotopic (exact) mass is 718 g/mol. The van der Waals surface area contributed by atoms with Gasteiger partial charge in [-0.2, -0.15) is 0 Å². The lowest BCUT2D eigenvalue weighted by Crippen LogP contribution is -2.57. The highest BCUT2D eigenvalue weighted by Gasteiger charge is 2.58. The molecule has 11 rings (SSSR count). The molecule has 0 spiro atoms. The second-order valence-electron chi connectivity index (χ2n) is 18.1. The van der Waals surface area contributed by atoms with Crippen LogP contribution in [0.5, 0.6) is 0 Å². The zero-order valence-corrected chi connectivity index (χ0v) is 33.7. The second kappa shape index (κ2) is 12.6. The molecule has 0 nitrogen and oxygen atoms in total. The van der Waals surface area contributed by atoms with E-state index in [1.54, 1.807) is 11.1 Å². The van der Waals surface area contributed by atoms with Gasteiger partial charge in [-0.3, -0.25) is 0 Å². The van der Waals surface area contributed by atoms with E-state index in [0.717, 1.165) is 11.8 Å². The number of rotatable bonds is 6. The van der Waals surface area contributed by atoms with Crippen molar-refractivity contribution in [1.82, 2.24) is 0 Å². The van der Waals surface area contributed by atoms with Gasteiger partial charge in [0.05, 0.1) is 0 Å². The van der Waals surface area contributed by atoms with E-state index in [1.807, 2.05) is 11.3 Å². The third-order valence-electron chi connectivity index (χ3n) is 14.2. The normalized spacial score (nSPS) is 23.1. The van der Waals surface area contributed by atoms with Crippen LogP contribution in [0, 0.1) is 53.4 Å². The third kappa shape index (κ3) is 5.38. The molecule has 2 atom stereocenters. The van der Waals surface area contributed by atoms with E-state index in [1.165, 1.54) is 120 Å². The topological polar surface area (TPSA) is 0 Å².